The summed E-state index contributed by atoms with van der Waals surface area (Å²) in [7, 11) is 5.73. The summed E-state index contributed by atoms with van der Waals surface area (Å²) in [5.74, 6) is 2.10. The van der Waals surface area contributed by atoms with Crippen LogP contribution in [0.2, 0.25) is 0 Å². The van der Waals surface area contributed by atoms with Crippen molar-refractivity contribution in [3.05, 3.63) is 78.0 Å². The largest absolute Gasteiger partial charge is 0.497 e. The van der Waals surface area contributed by atoms with E-state index in [9.17, 15) is 0 Å². The number of anilines is 1. The molecule has 1 heterocycles. The smallest absolute Gasteiger partial charge is 0.219 e. The number of halogens is 1. The molecule has 5 nitrogen and oxygen atoms in total. The van der Waals surface area contributed by atoms with Gasteiger partial charge in [-0.1, -0.05) is 18.2 Å². The number of benzene rings is 2. The van der Waals surface area contributed by atoms with Gasteiger partial charge in [-0.25, -0.2) is 4.98 Å². The zero-order valence-corrected chi connectivity index (χ0v) is 17.2. The summed E-state index contributed by atoms with van der Waals surface area (Å²) in [6.07, 6.45) is 1.83. The fourth-order valence-corrected chi connectivity index (χ4v) is 2.60. The number of hydrogen-bond donors (Lipinski definition) is 1. The van der Waals surface area contributed by atoms with Crippen molar-refractivity contribution in [3.63, 3.8) is 0 Å². The van der Waals surface area contributed by atoms with Crippen molar-refractivity contribution >= 4 is 18.1 Å². The zero-order valence-electron chi connectivity index (χ0n) is 16.4. The summed E-state index contributed by atoms with van der Waals surface area (Å²) < 4.78 is 10.9. The van der Waals surface area contributed by atoms with E-state index in [-0.39, 0.29) is 12.4 Å². The van der Waals surface area contributed by atoms with Crippen LogP contribution in [-0.4, -0.2) is 26.2 Å². The number of hydrogen-bond acceptors (Lipinski definition) is 5. The topological polar surface area (TPSA) is 46.6 Å². The molecule has 6 heteroatoms. The Morgan fingerprint density at radius 3 is 2.00 bits per heavy atom. The van der Waals surface area contributed by atoms with Crippen molar-refractivity contribution in [3.8, 4) is 17.4 Å². The van der Waals surface area contributed by atoms with Gasteiger partial charge in [0.05, 0.1) is 7.11 Å². The first-order valence-corrected chi connectivity index (χ1v) is 8.88. The van der Waals surface area contributed by atoms with Crippen LogP contribution in [0.1, 0.15) is 11.1 Å². The highest BCUT2D eigenvalue weighted by Crippen LogP contribution is 2.22. The molecule has 0 spiro atoms. The van der Waals surface area contributed by atoms with Crippen molar-refractivity contribution in [1.29, 1.82) is 0 Å². The lowest BCUT2D eigenvalue weighted by atomic mass is 10.2. The Balaban J connectivity index is 0.00000280. The van der Waals surface area contributed by atoms with Crippen LogP contribution in [0.15, 0.2) is 66.9 Å². The predicted octanol–water partition coefficient (Wildman–Crippen LogP) is 4.66. The van der Waals surface area contributed by atoms with Gasteiger partial charge < -0.3 is 19.7 Å². The summed E-state index contributed by atoms with van der Waals surface area (Å²) >= 11 is 0. The van der Waals surface area contributed by atoms with Crippen LogP contribution in [0.3, 0.4) is 0 Å². The Morgan fingerprint density at radius 1 is 0.821 bits per heavy atom. The normalized spacial score (nSPS) is 10.1. The fourth-order valence-electron chi connectivity index (χ4n) is 2.60. The molecule has 2 aromatic carbocycles. The van der Waals surface area contributed by atoms with E-state index in [0.717, 1.165) is 30.2 Å². The quantitative estimate of drug-likeness (QED) is 0.596. The highest BCUT2D eigenvalue weighted by atomic mass is 35.5. The van der Waals surface area contributed by atoms with Crippen molar-refractivity contribution in [2.24, 2.45) is 0 Å². The molecule has 0 atom stereocenters. The van der Waals surface area contributed by atoms with Gasteiger partial charge in [-0.05, 0) is 47.5 Å². The first-order chi connectivity index (χ1) is 13.1. The average Bonchev–Trinajstić information content (AvgIpc) is 2.70. The number of nitrogens with one attached hydrogen (secondary N) is 1. The van der Waals surface area contributed by atoms with Crippen molar-refractivity contribution in [1.82, 2.24) is 10.3 Å². The minimum Gasteiger partial charge on any atom is -0.497 e. The third-order valence-corrected chi connectivity index (χ3v) is 4.19. The van der Waals surface area contributed by atoms with Crippen LogP contribution in [0.4, 0.5) is 5.69 Å². The maximum atomic E-state index is 5.75. The Bertz CT molecular complexity index is 835. The van der Waals surface area contributed by atoms with E-state index in [1.165, 1.54) is 11.3 Å². The Morgan fingerprint density at radius 2 is 1.43 bits per heavy atom. The summed E-state index contributed by atoms with van der Waals surface area (Å²) in [6, 6.07) is 19.9. The Hall–Kier alpha value is -2.76. The van der Waals surface area contributed by atoms with Crippen molar-refractivity contribution < 1.29 is 9.47 Å². The Labute approximate surface area is 172 Å². The minimum absolute atomic E-state index is 0. The summed E-state index contributed by atoms with van der Waals surface area (Å²) in [5, 5.41) is 3.44. The molecule has 0 unspecified atom stereocenters. The first kappa shape index (κ1) is 21.5. The molecule has 0 fully saturated rings. The molecule has 0 aliphatic carbocycles. The molecule has 0 bridgehead atoms. The molecule has 0 aliphatic heterocycles. The molecule has 0 amide bonds. The second-order valence-corrected chi connectivity index (χ2v) is 6.45. The summed E-state index contributed by atoms with van der Waals surface area (Å²) in [4.78, 5) is 6.47. The van der Waals surface area contributed by atoms with Crippen LogP contribution < -0.4 is 19.7 Å². The number of nitrogens with zero attached hydrogens (tertiary/aromatic N) is 2. The van der Waals surface area contributed by atoms with Gasteiger partial charge in [-0.3, -0.25) is 0 Å². The first-order valence-electron chi connectivity index (χ1n) is 8.88. The highest BCUT2D eigenvalue weighted by molar-refractivity contribution is 5.85. The van der Waals surface area contributed by atoms with Crippen LogP contribution in [-0.2, 0) is 13.1 Å². The molecule has 0 saturated heterocycles. The number of methoxy groups -OCH3 is 1. The van der Waals surface area contributed by atoms with Crippen LogP contribution in [0.5, 0.6) is 17.4 Å². The van der Waals surface area contributed by atoms with Crippen molar-refractivity contribution in [2.75, 3.05) is 26.1 Å². The number of aromatic nitrogens is 1. The third-order valence-electron chi connectivity index (χ3n) is 4.19. The highest BCUT2D eigenvalue weighted by Gasteiger charge is 2.01. The van der Waals surface area contributed by atoms with Gasteiger partial charge in [0.15, 0.2) is 0 Å². The van der Waals surface area contributed by atoms with Gasteiger partial charge in [0, 0.05) is 45.1 Å². The molecule has 1 aromatic heterocycles. The van der Waals surface area contributed by atoms with Crippen LogP contribution >= 0.6 is 12.4 Å². The molecular formula is C22H26ClN3O2. The maximum Gasteiger partial charge on any atom is 0.219 e. The average molecular weight is 400 g/mol. The summed E-state index contributed by atoms with van der Waals surface area (Å²) in [6.45, 7) is 1.57. The predicted molar refractivity (Wildman–Crippen MR) is 116 cm³/mol. The second kappa shape index (κ2) is 10.5. The van der Waals surface area contributed by atoms with E-state index in [1.54, 1.807) is 7.11 Å². The molecule has 28 heavy (non-hydrogen) atoms. The zero-order chi connectivity index (χ0) is 19.1. The lowest BCUT2D eigenvalue weighted by molar-refractivity contribution is 0.412. The standard InChI is InChI=1S/C22H25N3O2.ClH/c1-25(2)19-7-4-17(5-8-19)14-23-15-18-6-13-22(24-16-18)27-21-11-9-20(26-3)10-12-21;/h4-13,16,23H,14-15H2,1-3H3;1H. The summed E-state index contributed by atoms with van der Waals surface area (Å²) in [5.41, 5.74) is 3.57. The van der Waals surface area contributed by atoms with E-state index in [4.69, 9.17) is 9.47 Å². The third kappa shape index (κ3) is 6.15. The Kier molecular flexibility index (Phi) is 8.11. The van der Waals surface area contributed by atoms with E-state index in [1.807, 2.05) is 56.7 Å². The molecule has 0 saturated carbocycles. The van der Waals surface area contributed by atoms with Gasteiger partial charge in [0.1, 0.15) is 11.5 Å². The molecular weight excluding hydrogens is 374 g/mol. The molecule has 148 valence electrons. The van der Waals surface area contributed by atoms with Gasteiger partial charge in [-0.15, -0.1) is 12.4 Å². The van der Waals surface area contributed by atoms with Crippen LogP contribution in [0, 0.1) is 0 Å². The monoisotopic (exact) mass is 399 g/mol. The number of rotatable bonds is 8. The SMILES string of the molecule is COc1ccc(Oc2ccc(CNCc3ccc(N(C)C)cc3)cn2)cc1.Cl. The molecule has 0 radical (unpaired) electrons. The molecule has 1 N–H and O–H groups in total. The van der Waals surface area contributed by atoms with Crippen molar-refractivity contribution in [2.45, 2.75) is 13.1 Å². The lowest BCUT2D eigenvalue weighted by Crippen LogP contribution is -2.13. The maximum absolute atomic E-state index is 5.75. The number of pyridine rings is 1. The van der Waals surface area contributed by atoms with E-state index in [0.29, 0.717) is 5.88 Å². The van der Waals surface area contributed by atoms with Gasteiger partial charge in [0.2, 0.25) is 5.88 Å². The van der Waals surface area contributed by atoms with E-state index in [2.05, 4.69) is 39.5 Å². The van der Waals surface area contributed by atoms with Gasteiger partial charge in [0.25, 0.3) is 0 Å². The van der Waals surface area contributed by atoms with E-state index < -0.39 is 0 Å². The fraction of sp³-hybridized carbons (Fsp3) is 0.227. The number of ether oxygens (including phenoxy) is 2. The molecule has 3 aromatic rings. The lowest BCUT2D eigenvalue weighted by Gasteiger charge is -2.13. The molecule has 0 aliphatic rings. The van der Waals surface area contributed by atoms with Gasteiger partial charge >= 0.3 is 0 Å². The second-order valence-electron chi connectivity index (χ2n) is 6.45. The van der Waals surface area contributed by atoms with Gasteiger partial charge in [-0.2, -0.15) is 0 Å². The minimum atomic E-state index is 0. The molecule has 3 rings (SSSR count). The van der Waals surface area contributed by atoms with Crippen LogP contribution in [0.25, 0.3) is 0 Å². The van der Waals surface area contributed by atoms with E-state index >= 15 is 0 Å².